The van der Waals surface area contributed by atoms with Crippen LogP contribution in [0.2, 0.25) is 0 Å². The molecule has 4 aromatic heterocycles. The number of aromatic nitrogens is 8. The van der Waals surface area contributed by atoms with Gasteiger partial charge in [-0.1, -0.05) is 5.21 Å². The SMILES string of the molecule is CC(C)Nc1cc(-n2ncc3cc(C#N)cnc32)ncc1C(=O)NCc1nn[nH]n1. The number of H-pyrrole nitrogens is 1. The van der Waals surface area contributed by atoms with Crippen LogP contribution in [0, 0.1) is 11.3 Å². The summed E-state index contributed by atoms with van der Waals surface area (Å²) in [6.07, 6.45) is 4.57. The molecular formula is C18H17N11O. The maximum atomic E-state index is 12.7. The second-order valence-electron chi connectivity index (χ2n) is 6.70. The van der Waals surface area contributed by atoms with Crippen LogP contribution >= 0.6 is 0 Å². The zero-order valence-electron chi connectivity index (χ0n) is 16.2. The standard InChI is InChI=1S/C18H17N11O/c1-10(2)24-14-4-16(29-17-12(7-23-29)3-11(5-19)6-21-17)20-8-13(14)18(30)22-9-15-25-27-28-26-15/h3-4,6-8,10H,9H2,1-2H3,(H,20,24)(H,22,30)(H,25,26,27,28). The molecule has 0 aliphatic rings. The van der Waals surface area contributed by atoms with E-state index in [0.717, 1.165) is 5.39 Å². The van der Waals surface area contributed by atoms with E-state index in [-0.39, 0.29) is 18.5 Å². The Morgan fingerprint density at radius 3 is 2.87 bits per heavy atom. The van der Waals surface area contributed by atoms with Crippen molar-refractivity contribution in [3.8, 4) is 11.9 Å². The minimum atomic E-state index is -0.330. The number of nitrogens with zero attached hydrogens (tertiary/aromatic N) is 8. The van der Waals surface area contributed by atoms with Crippen molar-refractivity contribution in [3.63, 3.8) is 0 Å². The fraction of sp³-hybridized carbons (Fsp3) is 0.222. The Bertz CT molecular complexity index is 1240. The van der Waals surface area contributed by atoms with Gasteiger partial charge in [-0.2, -0.15) is 20.3 Å². The molecule has 30 heavy (non-hydrogen) atoms. The van der Waals surface area contributed by atoms with E-state index in [0.29, 0.717) is 34.1 Å². The van der Waals surface area contributed by atoms with Crippen LogP contribution in [0.15, 0.2) is 30.7 Å². The maximum Gasteiger partial charge on any atom is 0.255 e. The lowest BCUT2D eigenvalue weighted by molar-refractivity contribution is 0.0950. The number of nitriles is 1. The maximum absolute atomic E-state index is 12.7. The van der Waals surface area contributed by atoms with Crippen LogP contribution in [0.5, 0.6) is 0 Å². The number of carbonyl (C=O) groups excluding carboxylic acids is 1. The number of hydrogen-bond acceptors (Lipinski definition) is 9. The predicted octanol–water partition coefficient (Wildman–Crippen LogP) is 0.951. The number of fused-ring (bicyclic) bond motifs is 1. The summed E-state index contributed by atoms with van der Waals surface area (Å²) < 4.78 is 1.56. The topological polar surface area (TPSA) is 163 Å². The van der Waals surface area contributed by atoms with Gasteiger partial charge in [0.15, 0.2) is 17.3 Å². The molecule has 4 rings (SSSR count). The zero-order chi connectivity index (χ0) is 21.1. The molecule has 12 heteroatoms. The second-order valence-corrected chi connectivity index (χ2v) is 6.70. The molecule has 1 amide bonds. The van der Waals surface area contributed by atoms with Gasteiger partial charge in [0.2, 0.25) is 0 Å². The highest BCUT2D eigenvalue weighted by Crippen LogP contribution is 2.22. The summed E-state index contributed by atoms with van der Waals surface area (Å²) >= 11 is 0. The number of tetrazole rings is 1. The van der Waals surface area contributed by atoms with E-state index in [1.807, 2.05) is 13.8 Å². The first-order chi connectivity index (χ1) is 14.5. The van der Waals surface area contributed by atoms with Gasteiger partial charge in [0, 0.05) is 29.9 Å². The number of anilines is 1. The largest absolute Gasteiger partial charge is 0.382 e. The molecule has 4 heterocycles. The molecule has 0 saturated heterocycles. The summed E-state index contributed by atoms with van der Waals surface area (Å²) in [5.74, 6) is 0.529. The highest BCUT2D eigenvalue weighted by molar-refractivity contribution is 5.99. The number of pyridine rings is 2. The minimum absolute atomic E-state index is 0.0784. The number of aromatic amines is 1. The lowest BCUT2D eigenvalue weighted by Gasteiger charge is -2.15. The summed E-state index contributed by atoms with van der Waals surface area (Å²) in [6.45, 7) is 4.07. The summed E-state index contributed by atoms with van der Waals surface area (Å²) in [6, 6.07) is 5.57. The Morgan fingerprint density at radius 2 is 2.13 bits per heavy atom. The van der Waals surface area contributed by atoms with Crippen LogP contribution in [0.1, 0.15) is 35.6 Å². The van der Waals surface area contributed by atoms with Crippen LogP contribution < -0.4 is 10.6 Å². The van der Waals surface area contributed by atoms with E-state index in [1.165, 1.54) is 12.4 Å². The Kier molecular flexibility index (Phi) is 5.00. The van der Waals surface area contributed by atoms with Crippen LogP contribution in [-0.2, 0) is 6.54 Å². The molecule has 0 aliphatic carbocycles. The summed E-state index contributed by atoms with van der Waals surface area (Å²) in [5.41, 5.74) is 1.97. The van der Waals surface area contributed by atoms with E-state index in [4.69, 9.17) is 5.26 Å². The van der Waals surface area contributed by atoms with Gasteiger partial charge in [0.1, 0.15) is 6.07 Å². The van der Waals surface area contributed by atoms with Gasteiger partial charge in [0.05, 0.1) is 29.6 Å². The monoisotopic (exact) mass is 403 g/mol. The van der Waals surface area contributed by atoms with Crippen molar-refractivity contribution in [1.82, 2.24) is 45.7 Å². The van der Waals surface area contributed by atoms with Crippen LogP contribution in [-0.4, -0.2) is 52.3 Å². The molecule has 3 N–H and O–H groups in total. The first kappa shape index (κ1) is 18.9. The number of carbonyl (C=O) groups is 1. The Balaban J connectivity index is 1.67. The molecule has 0 saturated carbocycles. The van der Waals surface area contributed by atoms with Crippen LogP contribution in [0.3, 0.4) is 0 Å². The first-order valence-corrected chi connectivity index (χ1v) is 9.06. The molecule has 0 bridgehead atoms. The van der Waals surface area contributed by atoms with Gasteiger partial charge in [-0.05, 0) is 19.9 Å². The van der Waals surface area contributed by atoms with Gasteiger partial charge in [-0.3, -0.25) is 4.79 Å². The highest BCUT2D eigenvalue weighted by atomic mass is 16.1. The van der Waals surface area contributed by atoms with E-state index in [1.54, 1.807) is 23.0 Å². The minimum Gasteiger partial charge on any atom is -0.382 e. The molecule has 150 valence electrons. The number of hydrogen-bond donors (Lipinski definition) is 3. The van der Waals surface area contributed by atoms with Gasteiger partial charge < -0.3 is 10.6 Å². The molecule has 0 aliphatic heterocycles. The lowest BCUT2D eigenvalue weighted by atomic mass is 10.2. The van der Waals surface area contributed by atoms with Gasteiger partial charge in [0.25, 0.3) is 5.91 Å². The third kappa shape index (κ3) is 3.76. The molecule has 0 fully saturated rings. The Labute approximate surface area is 170 Å². The number of amides is 1. The average molecular weight is 403 g/mol. The summed E-state index contributed by atoms with van der Waals surface area (Å²) in [7, 11) is 0. The highest BCUT2D eigenvalue weighted by Gasteiger charge is 2.17. The number of nitrogens with one attached hydrogen (secondary N) is 3. The molecular weight excluding hydrogens is 386 g/mol. The molecule has 12 nitrogen and oxygen atoms in total. The lowest BCUT2D eigenvalue weighted by Crippen LogP contribution is -2.26. The molecule has 0 spiro atoms. The molecule has 0 atom stereocenters. The van der Waals surface area contributed by atoms with Crippen molar-refractivity contribution < 1.29 is 4.79 Å². The van der Waals surface area contributed by atoms with Crippen molar-refractivity contribution in [2.24, 2.45) is 0 Å². The molecule has 0 radical (unpaired) electrons. The fourth-order valence-corrected chi connectivity index (χ4v) is 2.83. The number of rotatable bonds is 6. The Hall–Kier alpha value is -4.40. The van der Waals surface area contributed by atoms with Crippen molar-refractivity contribution >= 4 is 22.6 Å². The molecule has 4 aromatic rings. The molecule has 0 aromatic carbocycles. The van der Waals surface area contributed by atoms with Gasteiger partial charge >= 0.3 is 0 Å². The van der Waals surface area contributed by atoms with E-state index in [9.17, 15) is 4.79 Å². The van der Waals surface area contributed by atoms with E-state index >= 15 is 0 Å². The predicted molar refractivity (Wildman–Crippen MR) is 105 cm³/mol. The fourth-order valence-electron chi connectivity index (χ4n) is 2.83. The molecule has 0 unspecified atom stereocenters. The van der Waals surface area contributed by atoms with Gasteiger partial charge in [-0.25, -0.2) is 9.97 Å². The quantitative estimate of drug-likeness (QED) is 0.425. The smallest absolute Gasteiger partial charge is 0.255 e. The van der Waals surface area contributed by atoms with Crippen molar-refractivity contribution in [2.45, 2.75) is 26.4 Å². The van der Waals surface area contributed by atoms with E-state index < -0.39 is 0 Å². The third-order valence-electron chi connectivity index (χ3n) is 4.13. The average Bonchev–Trinajstić information content (AvgIpc) is 3.40. The Morgan fingerprint density at radius 1 is 1.27 bits per heavy atom. The normalized spacial score (nSPS) is 10.9. The first-order valence-electron chi connectivity index (χ1n) is 9.06. The van der Waals surface area contributed by atoms with Crippen molar-refractivity contribution in [2.75, 3.05) is 5.32 Å². The van der Waals surface area contributed by atoms with Crippen LogP contribution in [0.4, 0.5) is 5.69 Å². The zero-order valence-corrected chi connectivity index (χ0v) is 16.2. The second kappa shape index (κ2) is 7.92. The van der Waals surface area contributed by atoms with Crippen LogP contribution in [0.25, 0.3) is 16.9 Å². The summed E-state index contributed by atoms with van der Waals surface area (Å²) in [5, 5.41) is 33.5. The summed E-state index contributed by atoms with van der Waals surface area (Å²) in [4.78, 5) is 21.4. The van der Waals surface area contributed by atoms with Crippen molar-refractivity contribution in [1.29, 1.82) is 5.26 Å². The van der Waals surface area contributed by atoms with E-state index in [2.05, 4.69) is 52.4 Å². The van der Waals surface area contributed by atoms with Crippen molar-refractivity contribution in [3.05, 3.63) is 47.7 Å². The van der Waals surface area contributed by atoms with Gasteiger partial charge in [-0.15, -0.1) is 10.2 Å². The third-order valence-corrected chi connectivity index (χ3v) is 4.13.